The second-order valence-corrected chi connectivity index (χ2v) is 7.72. The van der Waals surface area contributed by atoms with Gasteiger partial charge in [0.05, 0.1) is 6.33 Å². The van der Waals surface area contributed by atoms with Gasteiger partial charge in [0.15, 0.2) is 0 Å². The van der Waals surface area contributed by atoms with E-state index >= 15 is 0 Å². The predicted molar refractivity (Wildman–Crippen MR) is 113 cm³/mol. The minimum atomic E-state index is -0.796. The van der Waals surface area contributed by atoms with Gasteiger partial charge in [0.2, 0.25) is 0 Å². The normalized spacial score (nSPS) is 11.9. The monoisotopic (exact) mass is 403 g/mol. The SMILES string of the molecule is CCCCCCCCCCCCCCCCNC(Cc1cnc[nH]1)C(=O)O.[H-].[Na+]. The van der Waals surface area contributed by atoms with Crippen LogP contribution in [-0.2, 0) is 11.2 Å². The van der Waals surface area contributed by atoms with E-state index < -0.39 is 12.0 Å². The van der Waals surface area contributed by atoms with Crippen LogP contribution in [0.5, 0.6) is 0 Å². The first-order valence-electron chi connectivity index (χ1n) is 11.2. The number of hydrogen-bond acceptors (Lipinski definition) is 3. The summed E-state index contributed by atoms with van der Waals surface area (Å²) >= 11 is 0. The smallest absolute Gasteiger partial charge is 1.00 e. The molecule has 1 aromatic heterocycles. The third kappa shape index (κ3) is 15.5. The Morgan fingerprint density at radius 3 is 1.93 bits per heavy atom. The molecule has 0 aliphatic carbocycles. The molecule has 0 saturated carbocycles. The van der Waals surface area contributed by atoms with Crippen LogP contribution in [0.25, 0.3) is 0 Å². The standard InChI is InChI=1S/C22H41N3O2.Na.H/c1-2-3-4-5-6-7-8-9-10-11-12-13-14-15-16-24-21(22(26)27)17-20-18-23-19-25-20;;/h18-19,21,24H,2-17H2,1H3,(H,23,25)(H,26,27);;/q;+1;-1. The largest absolute Gasteiger partial charge is 1.00 e. The molecule has 0 amide bonds. The van der Waals surface area contributed by atoms with Gasteiger partial charge in [-0.1, -0.05) is 90.4 Å². The molecule has 0 aromatic carbocycles. The molecule has 5 nitrogen and oxygen atoms in total. The van der Waals surface area contributed by atoms with Crippen LogP contribution in [-0.4, -0.2) is 33.6 Å². The van der Waals surface area contributed by atoms with Crippen LogP contribution in [0.15, 0.2) is 12.5 Å². The Labute approximate surface area is 195 Å². The number of carboxylic acids is 1. The molecule has 1 atom stereocenters. The minimum absolute atomic E-state index is 0. The van der Waals surface area contributed by atoms with E-state index in [4.69, 9.17) is 0 Å². The number of carbonyl (C=O) groups is 1. The Balaban J connectivity index is 0. The number of aliphatic carboxylic acids is 1. The summed E-state index contributed by atoms with van der Waals surface area (Å²) in [5, 5.41) is 12.4. The number of nitrogens with one attached hydrogen (secondary N) is 2. The van der Waals surface area contributed by atoms with E-state index in [-0.39, 0.29) is 31.0 Å². The van der Waals surface area contributed by atoms with Gasteiger partial charge in [-0.3, -0.25) is 4.79 Å². The molecule has 0 spiro atoms. The van der Waals surface area contributed by atoms with Crippen LogP contribution >= 0.6 is 0 Å². The number of imidazole rings is 1. The van der Waals surface area contributed by atoms with E-state index in [2.05, 4.69) is 22.2 Å². The maximum absolute atomic E-state index is 11.3. The Kier molecular flexibility index (Phi) is 19.7. The van der Waals surface area contributed by atoms with Gasteiger partial charge in [-0.2, -0.15) is 0 Å². The van der Waals surface area contributed by atoms with Crippen molar-refractivity contribution in [2.75, 3.05) is 6.54 Å². The fourth-order valence-corrected chi connectivity index (χ4v) is 3.46. The van der Waals surface area contributed by atoms with Gasteiger partial charge < -0.3 is 16.8 Å². The van der Waals surface area contributed by atoms with Crippen molar-refractivity contribution in [3.05, 3.63) is 18.2 Å². The van der Waals surface area contributed by atoms with E-state index in [1.807, 2.05) is 0 Å². The maximum Gasteiger partial charge on any atom is 1.00 e. The minimum Gasteiger partial charge on any atom is -1.00 e. The zero-order chi connectivity index (χ0) is 19.6. The summed E-state index contributed by atoms with van der Waals surface area (Å²) in [6.07, 6.45) is 22.5. The molecular weight excluding hydrogens is 361 g/mol. The zero-order valence-electron chi connectivity index (χ0n) is 19.3. The molecule has 28 heavy (non-hydrogen) atoms. The van der Waals surface area contributed by atoms with Crippen molar-refractivity contribution in [2.24, 2.45) is 0 Å². The molecule has 1 rings (SSSR count). The first-order valence-corrected chi connectivity index (χ1v) is 11.2. The number of hydrogen-bond donors (Lipinski definition) is 3. The number of aromatic amines is 1. The van der Waals surface area contributed by atoms with Gasteiger partial charge in [-0.25, -0.2) is 4.98 Å². The van der Waals surface area contributed by atoms with Crippen molar-refractivity contribution in [1.82, 2.24) is 15.3 Å². The van der Waals surface area contributed by atoms with Crippen LogP contribution in [0.4, 0.5) is 0 Å². The second-order valence-electron chi connectivity index (χ2n) is 7.72. The second kappa shape index (κ2) is 19.9. The number of aromatic nitrogens is 2. The third-order valence-electron chi connectivity index (χ3n) is 5.20. The zero-order valence-corrected chi connectivity index (χ0v) is 20.3. The van der Waals surface area contributed by atoms with E-state index in [1.54, 1.807) is 12.5 Å². The summed E-state index contributed by atoms with van der Waals surface area (Å²) < 4.78 is 0. The Morgan fingerprint density at radius 1 is 1.00 bits per heavy atom. The van der Waals surface area contributed by atoms with Crippen molar-refractivity contribution in [3.63, 3.8) is 0 Å². The molecule has 0 aliphatic rings. The molecule has 158 valence electrons. The quantitative estimate of drug-likeness (QED) is 0.245. The molecule has 0 aliphatic heterocycles. The van der Waals surface area contributed by atoms with Gasteiger partial charge in [0.1, 0.15) is 6.04 Å². The van der Waals surface area contributed by atoms with Crippen LogP contribution < -0.4 is 34.9 Å². The number of nitrogens with zero attached hydrogens (tertiary/aromatic N) is 1. The van der Waals surface area contributed by atoms with E-state index in [0.717, 1.165) is 18.7 Å². The first kappa shape index (κ1) is 27.6. The molecule has 1 unspecified atom stereocenters. The summed E-state index contributed by atoms with van der Waals surface area (Å²) in [4.78, 5) is 18.2. The number of unbranched alkanes of at least 4 members (excludes halogenated alkanes) is 13. The molecule has 6 heteroatoms. The van der Waals surface area contributed by atoms with Gasteiger partial charge in [0, 0.05) is 18.3 Å². The van der Waals surface area contributed by atoms with Crippen molar-refractivity contribution in [3.8, 4) is 0 Å². The van der Waals surface area contributed by atoms with Crippen molar-refractivity contribution < 1.29 is 40.9 Å². The average Bonchev–Trinajstić information content (AvgIpc) is 3.17. The van der Waals surface area contributed by atoms with E-state index in [1.165, 1.54) is 83.5 Å². The number of carboxylic acid groups (broad SMARTS) is 1. The van der Waals surface area contributed by atoms with Crippen LogP contribution in [0.2, 0.25) is 0 Å². The summed E-state index contributed by atoms with van der Waals surface area (Å²) in [6.45, 7) is 3.04. The Hall–Kier alpha value is -0.360. The average molecular weight is 404 g/mol. The topological polar surface area (TPSA) is 78.0 Å². The number of H-pyrrole nitrogens is 1. The third-order valence-corrected chi connectivity index (χ3v) is 5.20. The summed E-state index contributed by atoms with van der Waals surface area (Å²) in [5.74, 6) is -0.796. The van der Waals surface area contributed by atoms with Gasteiger partial charge in [0.25, 0.3) is 0 Å². The van der Waals surface area contributed by atoms with Gasteiger partial charge in [-0.05, 0) is 13.0 Å². The predicted octanol–water partition coefficient (Wildman–Crippen LogP) is 2.59. The molecule has 0 radical (unpaired) electrons. The molecule has 0 saturated heterocycles. The first-order chi connectivity index (χ1) is 13.2. The van der Waals surface area contributed by atoms with Crippen LogP contribution in [0.3, 0.4) is 0 Å². The number of rotatable bonds is 19. The molecule has 1 aromatic rings. The Bertz CT molecular complexity index is 461. The van der Waals surface area contributed by atoms with E-state index in [0.29, 0.717) is 6.42 Å². The molecule has 0 fully saturated rings. The molecular formula is C22H42N3NaO2. The van der Waals surface area contributed by atoms with Gasteiger partial charge >= 0.3 is 35.5 Å². The molecule has 0 bridgehead atoms. The summed E-state index contributed by atoms with van der Waals surface area (Å²) in [6, 6.07) is -0.535. The van der Waals surface area contributed by atoms with Gasteiger partial charge in [-0.15, -0.1) is 0 Å². The Morgan fingerprint density at radius 2 is 1.50 bits per heavy atom. The van der Waals surface area contributed by atoms with Crippen molar-refractivity contribution in [2.45, 2.75) is 109 Å². The fraction of sp³-hybridized carbons (Fsp3) is 0.818. The summed E-state index contributed by atoms with van der Waals surface area (Å²) in [5.41, 5.74) is 0.857. The maximum atomic E-state index is 11.3. The van der Waals surface area contributed by atoms with Crippen LogP contribution in [0, 0.1) is 0 Å². The van der Waals surface area contributed by atoms with Crippen LogP contribution in [0.1, 0.15) is 104 Å². The van der Waals surface area contributed by atoms with Crippen molar-refractivity contribution in [1.29, 1.82) is 0 Å². The fourth-order valence-electron chi connectivity index (χ4n) is 3.46. The van der Waals surface area contributed by atoms with Crippen molar-refractivity contribution >= 4 is 5.97 Å². The molecule has 3 N–H and O–H groups in total. The molecule has 1 heterocycles. The summed E-state index contributed by atoms with van der Waals surface area (Å²) in [7, 11) is 0. The van der Waals surface area contributed by atoms with E-state index in [9.17, 15) is 9.90 Å².